The van der Waals surface area contributed by atoms with Crippen LogP contribution in [0.15, 0.2) is 43.0 Å². The van der Waals surface area contributed by atoms with Crippen molar-refractivity contribution in [3.8, 4) is 11.5 Å². The highest BCUT2D eigenvalue weighted by Gasteiger charge is 2.32. The van der Waals surface area contributed by atoms with Crippen LogP contribution in [-0.4, -0.2) is 62.7 Å². The van der Waals surface area contributed by atoms with E-state index >= 15 is 0 Å². The van der Waals surface area contributed by atoms with Gasteiger partial charge in [0, 0.05) is 45.1 Å². The summed E-state index contributed by atoms with van der Waals surface area (Å²) in [7, 11) is 5.30. The van der Waals surface area contributed by atoms with Crippen LogP contribution < -0.4 is 25.8 Å². The maximum absolute atomic E-state index is 13.7. The van der Waals surface area contributed by atoms with Gasteiger partial charge in [-0.25, -0.2) is 15.0 Å². The summed E-state index contributed by atoms with van der Waals surface area (Å²) in [5, 5.41) is 5.98. The van der Waals surface area contributed by atoms with E-state index in [1.165, 1.54) is 30.9 Å². The average Bonchev–Trinajstić information content (AvgIpc) is 3.49. The zero-order chi connectivity index (χ0) is 29.3. The molecule has 0 bridgehead atoms. The van der Waals surface area contributed by atoms with Gasteiger partial charge in [-0.2, -0.15) is 18.2 Å². The number of nitrogens with two attached hydrogens (primary N) is 1. The summed E-state index contributed by atoms with van der Waals surface area (Å²) in [6.45, 7) is 1.44. The predicted octanol–water partition coefficient (Wildman–Crippen LogP) is 4.63. The number of aryl methyl sites for hydroxylation is 1. The van der Waals surface area contributed by atoms with Gasteiger partial charge in [0.05, 0.1) is 24.2 Å². The van der Waals surface area contributed by atoms with Gasteiger partial charge in [0.25, 0.3) is 0 Å². The number of rotatable bonds is 8. The molecule has 1 fully saturated rings. The molecule has 216 valence electrons. The van der Waals surface area contributed by atoms with Crippen LogP contribution in [0.25, 0.3) is 16.9 Å². The number of fused-ring (bicyclic) bond motifs is 1. The normalized spacial score (nSPS) is 16.3. The minimum atomic E-state index is -4.57. The Labute approximate surface area is 238 Å². The number of nitrogens with zero attached hydrogens (tertiary/aromatic N) is 6. The third-order valence-electron chi connectivity index (χ3n) is 6.48. The first-order valence-corrected chi connectivity index (χ1v) is 12.9. The summed E-state index contributed by atoms with van der Waals surface area (Å²) in [5.41, 5.74) is 6.06. The van der Waals surface area contributed by atoms with Crippen LogP contribution in [0, 0.1) is 0 Å². The van der Waals surface area contributed by atoms with Crippen molar-refractivity contribution in [2.24, 2.45) is 12.8 Å². The molecule has 4 N–H and O–H groups in total. The van der Waals surface area contributed by atoms with E-state index in [1.807, 2.05) is 7.05 Å². The molecule has 4 heterocycles. The first kappa shape index (κ1) is 28.2. The number of aromatic nitrogens is 5. The fourth-order valence-corrected chi connectivity index (χ4v) is 4.68. The molecule has 3 aromatic heterocycles. The molecule has 0 spiro atoms. The third-order valence-corrected chi connectivity index (χ3v) is 6.84. The largest absolute Gasteiger partial charge is 0.489 e. The molecule has 11 nitrogen and oxygen atoms in total. The molecule has 0 unspecified atom stereocenters. The van der Waals surface area contributed by atoms with E-state index in [-0.39, 0.29) is 45.7 Å². The van der Waals surface area contributed by atoms with Crippen molar-refractivity contribution in [1.82, 2.24) is 29.4 Å². The van der Waals surface area contributed by atoms with Gasteiger partial charge in [0.2, 0.25) is 5.95 Å². The highest BCUT2D eigenvalue weighted by atomic mass is 35.5. The molecular weight excluding hydrogens is 563 g/mol. The van der Waals surface area contributed by atoms with Crippen LogP contribution >= 0.6 is 11.6 Å². The first-order chi connectivity index (χ1) is 19.5. The number of hydrogen-bond donors (Lipinski definition) is 3. The molecule has 0 aliphatic carbocycles. The standard InChI is InChI=1S/C26H27ClF3N9O2/c1-32-21-12-33-18(10-34-21)19(9-31)41-20-11-35-24-23(22(20)27)39(3)25(37-24)36-15-6-14(26(28,29)30)7-17(8-15)40-16-4-5-38(2)13-16/h6-12,16H,4-5,13,31H2,1-3H3,(H,32,34)(H,35,36,37)/t16-/m1/s1. The van der Waals surface area contributed by atoms with Crippen molar-refractivity contribution in [1.29, 1.82) is 0 Å². The Balaban J connectivity index is 1.44. The van der Waals surface area contributed by atoms with E-state index in [0.29, 0.717) is 23.6 Å². The number of hydrogen-bond acceptors (Lipinski definition) is 10. The lowest BCUT2D eigenvalue weighted by atomic mass is 10.1. The van der Waals surface area contributed by atoms with Crippen LogP contribution in [0.5, 0.6) is 11.5 Å². The quantitative estimate of drug-likeness (QED) is 0.250. The smallest absolute Gasteiger partial charge is 0.416 e. The topological polar surface area (TPSA) is 128 Å². The SMILES string of the molecule is CNc1cnc(C(=CN)Oc2cnc3nc(Nc4cc(O[C@@H]5CCN(C)C5)cc(C(F)(F)F)c4)n(C)c3c2Cl)cn1. The lowest BCUT2D eigenvalue weighted by molar-refractivity contribution is -0.137. The molecule has 1 saturated heterocycles. The van der Waals surface area contributed by atoms with Gasteiger partial charge in [-0.05, 0) is 25.6 Å². The lowest BCUT2D eigenvalue weighted by Gasteiger charge is -2.17. The van der Waals surface area contributed by atoms with Crippen molar-refractivity contribution in [2.75, 3.05) is 37.8 Å². The molecule has 0 saturated carbocycles. The number of ether oxygens (including phenoxy) is 2. The van der Waals surface area contributed by atoms with Gasteiger partial charge in [0.1, 0.15) is 33.9 Å². The Morgan fingerprint density at radius 2 is 1.95 bits per heavy atom. The highest BCUT2D eigenvalue weighted by Crippen LogP contribution is 2.38. The number of anilines is 3. The average molecular weight is 590 g/mol. The molecule has 41 heavy (non-hydrogen) atoms. The van der Waals surface area contributed by atoms with Crippen LogP contribution in [0.2, 0.25) is 5.02 Å². The van der Waals surface area contributed by atoms with Crippen LogP contribution in [0.1, 0.15) is 17.7 Å². The van der Waals surface area contributed by atoms with Crippen LogP contribution in [0.3, 0.4) is 0 Å². The molecule has 1 aliphatic heterocycles. The number of benzene rings is 1. The monoisotopic (exact) mass is 589 g/mol. The van der Waals surface area contributed by atoms with Crippen molar-refractivity contribution in [2.45, 2.75) is 18.7 Å². The first-order valence-electron chi connectivity index (χ1n) is 12.5. The molecule has 0 radical (unpaired) electrons. The lowest BCUT2D eigenvalue weighted by Crippen LogP contribution is -2.21. The minimum Gasteiger partial charge on any atom is -0.489 e. The second kappa shape index (κ2) is 11.3. The molecule has 1 aliphatic rings. The van der Waals surface area contributed by atoms with E-state index < -0.39 is 11.7 Å². The number of likely N-dealkylation sites (tertiary alicyclic amines) is 1. The second-order valence-corrected chi connectivity index (χ2v) is 9.81. The molecule has 5 rings (SSSR count). The number of pyridine rings is 1. The van der Waals surface area contributed by atoms with Crippen molar-refractivity contribution in [3.63, 3.8) is 0 Å². The summed E-state index contributed by atoms with van der Waals surface area (Å²) in [5.74, 6) is 1.24. The summed E-state index contributed by atoms with van der Waals surface area (Å²) in [6, 6.07) is 3.50. The number of halogens is 4. The molecule has 0 amide bonds. The number of nitrogens with one attached hydrogen (secondary N) is 2. The number of likely N-dealkylation sites (N-methyl/N-ethyl adjacent to an activating group) is 1. The summed E-state index contributed by atoms with van der Waals surface area (Å²) in [6.07, 6.45) is 1.54. The Morgan fingerprint density at radius 1 is 1.15 bits per heavy atom. The predicted molar refractivity (Wildman–Crippen MR) is 149 cm³/mol. The van der Waals surface area contributed by atoms with Crippen LogP contribution in [-0.2, 0) is 13.2 Å². The number of imidazole rings is 1. The van der Waals surface area contributed by atoms with Crippen molar-refractivity contribution >= 4 is 46.0 Å². The molecular formula is C26H27ClF3N9O2. The van der Waals surface area contributed by atoms with Crippen LogP contribution in [0.4, 0.5) is 30.6 Å². The fourth-order valence-electron chi connectivity index (χ4n) is 4.39. The molecule has 4 aromatic rings. The zero-order valence-corrected chi connectivity index (χ0v) is 23.1. The van der Waals surface area contributed by atoms with Crippen molar-refractivity contribution < 1.29 is 22.6 Å². The van der Waals surface area contributed by atoms with Gasteiger partial charge in [0.15, 0.2) is 17.2 Å². The minimum absolute atomic E-state index is 0.111. The van der Waals surface area contributed by atoms with Gasteiger partial charge in [-0.15, -0.1) is 0 Å². The Morgan fingerprint density at radius 3 is 2.59 bits per heavy atom. The van der Waals surface area contributed by atoms with E-state index in [0.717, 1.165) is 25.1 Å². The second-order valence-electron chi connectivity index (χ2n) is 9.43. The summed E-state index contributed by atoms with van der Waals surface area (Å²) >= 11 is 6.68. The van der Waals surface area contributed by atoms with Gasteiger partial charge < -0.3 is 35.3 Å². The zero-order valence-electron chi connectivity index (χ0n) is 22.3. The summed E-state index contributed by atoms with van der Waals surface area (Å²) in [4.78, 5) is 19.3. The fraction of sp³-hybridized carbons (Fsp3) is 0.308. The molecule has 15 heteroatoms. The van der Waals surface area contributed by atoms with Gasteiger partial charge >= 0.3 is 6.18 Å². The maximum Gasteiger partial charge on any atom is 0.416 e. The van der Waals surface area contributed by atoms with Gasteiger partial charge in [-0.3, -0.25) is 0 Å². The Hall–Kier alpha value is -4.30. The highest BCUT2D eigenvalue weighted by molar-refractivity contribution is 6.36. The van der Waals surface area contributed by atoms with Gasteiger partial charge in [-0.1, -0.05) is 11.6 Å². The Kier molecular flexibility index (Phi) is 7.78. The van der Waals surface area contributed by atoms with E-state index in [2.05, 4.69) is 35.5 Å². The number of alkyl halides is 3. The van der Waals surface area contributed by atoms with E-state index in [9.17, 15) is 13.2 Å². The maximum atomic E-state index is 13.7. The van der Waals surface area contributed by atoms with E-state index in [1.54, 1.807) is 18.7 Å². The Bertz CT molecular complexity index is 1590. The van der Waals surface area contributed by atoms with Crippen molar-refractivity contribution in [3.05, 3.63) is 59.3 Å². The molecule has 1 aromatic carbocycles. The third kappa shape index (κ3) is 6.07. The molecule has 1 atom stereocenters. The summed E-state index contributed by atoms with van der Waals surface area (Å²) < 4.78 is 54.5. The van der Waals surface area contributed by atoms with E-state index in [4.69, 9.17) is 26.8 Å².